The maximum atomic E-state index is 12.6. The molecule has 5 heteroatoms. The van der Waals surface area contributed by atoms with Gasteiger partial charge in [-0.3, -0.25) is 9.69 Å². The molecule has 3 heterocycles. The highest BCUT2D eigenvalue weighted by Crippen LogP contribution is 2.54. The first kappa shape index (κ1) is 18.6. The summed E-state index contributed by atoms with van der Waals surface area (Å²) in [4.78, 5) is 17.2. The molecule has 28 heavy (non-hydrogen) atoms. The number of carbonyl (C=O) groups is 1. The Labute approximate surface area is 167 Å². The van der Waals surface area contributed by atoms with Gasteiger partial charge in [-0.2, -0.15) is 0 Å². The highest BCUT2D eigenvalue weighted by Gasteiger charge is 2.66. The quantitative estimate of drug-likeness (QED) is 0.817. The molecule has 4 aliphatic rings. The number of hydrogen-bond acceptors (Lipinski definition) is 4. The van der Waals surface area contributed by atoms with E-state index < -0.39 is 0 Å². The van der Waals surface area contributed by atoms with E-state index in [-0.39, 0.29) is 18.2 Å². The lowest BCUT2D eigenvalue weighted by molar-refractivity contribution is -0.201. The summed E-state index contributed by atoms with van der Waals surface area (Å²) < 4.78 is 5.54. The summed E-state index contributed by atoms with van der Waals surface area (Å²) in [6, 6.07) is 10.8. The largest absolute Gasteiger partial charge is 0.395 e. The first-order valence-electron chi connectivity index (χ1n) is 11.0. The van der Waals surface area contributed by atoms with Gasteiger partial charge in [0, 0.05) is 51.2 Å². The molecule has 1 N–H and O–H groups in total. The van der Waals surface area contributed by atoms with Crippen LogP contribution in [0.1, 0.15) is 43.6 Å². The monoisotopic (exact) mass is 384 g/mol. The zero-order chi connectivity index (χ0) is 19.1. The molecule has 0 radical (unpaired) electrons. The topological polar surface area (TPSA) is 53.0 Å². The zero-order valence-electron chi connectivity index (χ0n) is 16.6. The zero-order valence-corrected chi connectivity index (χ0v) is 16.6. The Morgan fingerprint density at radius 3 is 2.43 bits per heavy atom. The van der Waals surface area contributed by atoms with Crippen molar-refractivity contribution in [3.63, 3.8) is 0 Å². The Hall–Kier alpha value is -1.43. The van der Waals surface area contributed by atoms with E-state index >= 15 is 0 Å². The fourth-order valence-electron chi connectivity index (χ4n) is 5.75. The highest BCUT2D eigenvalue weighted by molar-refractivity contribution is 5.78. The van der Waals surface area contributed by atoms with E-state index in [4.69, 9.17) is 4.74 Å². The minimum absolute atomic E-state index is 0.00622. The van der Waals surface area contributed by atoms with Gasteiger partial charge < -0.3 is 14.7 Å². The van der Waals surface area contributed by atoms with E-state index in [9.17, 15) is 9.90 Å². The van der Waals surface area contributed by atoms with Gasteiger partial charge in [-0.25, -0.2) is 0 Å². The fourth-order valence-corrected chi connectivity index (χ4v) is 5.75. The maximum absolute atomic E-state index is 12.6. The summed E-state index contributed by atoms with van der Waals surface area (Å²) in [5, 5.41) is 10.2. The van der Waals surface area contributed by atoms with E-state index in [1.165, 1.54) is 18.4 Å². The molecule has 2 atom stereocenters. The van der Waals surface area contributed by atoms with Gasteiger partial charge in [-0.1, -0.05) is 30.3 Å². The molecule has 152 valence electrons. The minimum Gasteiger partial charge on any atom is -0.395 e. The average molecular weight is 385 g/mol. The van der Waals surface area contributed by atoms with Crippen molar-refractivity contribution in [3.8, 4) is 0 Å². The molecule has 3 saturated heterocycles. The maximum Gasteiger partial charge on any atom is 0.222 e. The summed E-state index contributed by atoms with van der Waals surface area (Å²) in [5.41, 5.74) is 1.31. The van der Waals surface area contributed by atoms with Gasteiger partial charge in [-0.15, -0.1) is 0 Å². The summed E-state index contributed by atoms with van der Waals surface area (Å²) >= 11 is 0. The molecule has 5 rings (SSSR count). The number of ether oxygens (including phenoxy) is 1. The molecule has 5 nitrogen and oxygen atoms in total. The van der Waals surface area contributed by atoms with Gasteiger partial charge in [0.15, 0.2) is 0 Å². The Morgan fingerprint density at radius 2 is 1.79 bits per heavy atom. The number of carbonyl (C=O) groups excluding carboxylic acids is 1. The van der Waals surface area contributed by atoms with E-state index in [1.807, 2.05) is 0 Å². The number of benzene rings is 1. The van der Waals surface area contributed by atoms with Crippen LogP contribution in [0.2, 0.25) is 0 Å². The van der Waals surface area contributed by atoms with Crippen LogP contribution in [0.5, 0.6) is 0 Å². The van der Waals surface area contributed by atoms with Gasteiger partial charge in [0.05, 0.1) is 12.1 Å². The first-order valence-corrected chi connectivity index (χ1v) is 11.0. The average Bonchev–Trinajstić information content (AvgIpc) is 3.49. The van der Waals surface area contributed by atoms with Crippen LogP contribution in [0.25, 0.3) is 0 Å². The van der Waals surface area contributed by atoms with Crippen molar-refractivity contribution in [1.29, 1.82) is 0 Å². The second-order valence-corrected chi connectivity index (χ2v) is 9.35. The predicted octanol–water partition coefficient (Wildman–Crippen LogP) is 2.25. The standard InChI is InChI=1S/C23H32N2O3/c26-14-20-22(19-4-2-1-3-5-19)23(25(20)13-18-8-10-28-11-9-18)15-24(16-23)21(27)12-17-6-7-17/h1-5,17-18,20,22,26H,6-16H2/t20-,22-/m0/s1. The van der Waals surface area contributed by atoms with Crippen molar-refractivity contribution in [1.82, 2.24) is 9.80 Å². The molecule has 1 amide bonds. The van der Waals surface area contributed by atoms with Crippen LogP contribution in [0.4, 0.5) is 0 Å². The molecule has 0 bridgehead atoms. The molecule has 1 aliphatic carbocycles. The number of aliphatic hydroxyl groups excluding tert-OH is 1. The predicted molar refractivity (Wildman–Crippen MR) is 107 cm³/mol. The summed E-state index contributed by atoms with van der Waals surface area (Å²) in [5.74, 6) is 1.91. The number of likely N-dealkylation sites (tertiary alicyclic amines) is 2. The van der Waals surface area contributed by atoms with Crippen LogP contribution >= 0.6 is 0 Å². The fraction of sp³-hybridized carbons (Fsp3) is 0.696. The Morgan fingerprint density at radius 1 is 1.07 bits per heavy atom. The second-order valence-electron chi connectivity index (χ2n) is 9.35. The molecule has 1 aromatic carbocycles. The third-order valence-corrected chi connectivity index (χ3v) is 7.52. The van der Waals surface area contributed by atoms with Gasteiger partial charge in [0.25, 0.3) is 0 Å². The van der Waals surface area contributed by atoms with Crippen LogP contribution in [0, 0.1) is 11.8 Å². The number of amides is 1. The van der Waals surface area contributed by atoms with Gasteiger partial charge in [0.1, 0.15) is 0 Å². The SMILES string of the molecule is O=C(CC1CC1)N1CC2(C1)[C@@H](c1ccccc1)[C@H](CO)N2CC1CCOCC1. The number of nitrogens with zero attached hydrogens (tertiary/aromatic N) is 2. The third-order valence-electron chi connectivity index (χ3n) is 7.52. The van der Waals surface area contributed by atoms with E-state index in [2.05, 4.69) is 40.1 Å². The lowest BCUT2D eigenvalue weighted by Gasteiger charge is -2.71. The van der Waals surface area contributed by atoms with Gasteiger partial charge in [0.2, 0.25) is 5.91 Å². The number of aliphatic hydroxyl groups is 1. The number of rotatable bonds is 6. The molecular weight excluding hydrogens is 352 g/mol. The van der Waals surface area contributed by atoms with Crippen LogP contribution in [0.3, 0.4) is 0 Å². The molecule has 4 fully saturated rings. The molecule has 3 aliphatic heterocycles. The van der Waals surface area contributed by atoms with Gasteiger partial charge in [-0.05, 0) is 43.1 Å². The van der Waals surface area contributed by atoms with E-state index in [0.717, 1.165) is 52.1 Å². The van der Waals surface area contributed by atoms with Crippen molar-refractivity contribution in [2.24, 2.45) is 11.8 Å². The molecule has 0 unspecified atom stereocenters. The summed E-state index contributed by atoms with van der Waals surface area (Å²) in [6.07, 6.45) is 5.38. The van der Waals surface area contributed by atoms with E-state index in [1.54, 1.807) is 0 Å². The van der Waals surface area contributed by atoms with Crippen LogP contribution in [-0.2, 0) is 9.53 Å². The Bertz CT molecular complexity index is 693. The summed E-state index contributed by atoms with van der Waals surface area (Å²) in [6.45, 7) is 4.53. The van der Waals surface area contributed by atoms with Crippen LogP contribution < -0.4 is 0 Å². The molecular formula is C23H32N2O3. The van der Waals surface area contributed by atoms with Crippen molar-refractivity contribution >= 4 is 5.91 Å². The van der Waals surface area contributed by atoms with Crippen LogP contribution in [-0.4, -0.2) is 71.8 Å². The smallest absolute Gasteiger partial charge is 0.222 e. The Kier molecular flexibility index (Phi) is 4.93. The first-order chi connectivity index (χ1) is 13.7. The van der Waals surface area contributed by atoms with Crippen molar-refractivity contribution < 1.29 is 14.6 Å². The molecule has 1 aromatic rings. The number of hydrogen-bond donors (Lipinski definition) is 1. The minimum atomic E-state index is 0.00622. The highest BCUT2D eigenvalue weighted by atomic mass is 16.5. The molecule has 0 aromatic heterocycles. The molecule has 1 spiro atoms. The Balaban J connectivity index is 1.35. The van der Waals surface area contributed by atoms with Gasteiger partial charge >= 0.3 is 0 Å². The lowest BCUT2D eigenvalue weighted by Crippen LogP contribution is -2.85. The van der Waals surface area contributed by atoms with Crippen molar-refractivity contribution in [2.45, 2.75) is 49.6 Å². The second kappa shape index (κ2) is 7.43. The van der Waals surface area contributed by atoms with Crippen molar-refractivity contribution in [2.75, 3.05) is 39.5 Å². The van der Waals surface area contributed by atoms with E-state index in [0.29, 0.717) is 23.7 Å². The van der Waals surface area contributed by atoms with Crippen LogP contribution in [0.15, 0.2) is 30.3 Å². The normalized spacial score (nSPS) is 30.1. The lowest BCUT2D eigenvalue weighted by atomic mass is 9.60. The third kappa shape index (κ3) is 3.17. The summed E-state index contributed by atoms with van der Waals surface area (Å²) in [7, 11) is 0. The molecule has 1 saturated carbocycles. The van der Waals surface area contributed by atoms with Crippen molar-refractivity contribution in [3.05, 3.63) is 35.9 Å².